The summed E-state index contributed by atoms with van der Waals surface area (Å²) in [6.07, 6.45) is 4.27. The van der Waals surface area contributed by atoms with Gasteiger partial charge in [0.15, 0.2) is 0 Å². The average Bonchev–Trinajstić information content (AvgIpc) is 3.16. The van der Waals surface area contributed by atoms with Crippen molar-refractivity contribution in [3.05, 3.63) is 41.3 Å². The molecule has 3 heterocycles. The van der Waals surface area contributed by atoms with Crippen LogP contribution in [0.15, 0.2) is 24.4 Å². The molecule has 0 unspecified atom stereocenters. The average molecular weight is 313 g/mol. The van der Waals surface area contributed by atoms with Crippen LogP contribution in [0.1, 0.15) is 29.8 Å². The van der Waals surface area contributed by atoms with E-state index in [1.165, 1.54) is 12.8 Å². The fraction of sp³-hybridized carbons (Fsp3) is 0.471. The molecule has 122 valence electrons. The number of amides is 1. The standard InChI is InChI=1S/C17H23N5O/c1-13-9-14(2)22(20-13)12-17(23)19-11-15-5-6-18-16(10-15)21-7-3-4-8-21/h5-6,9-10H,3-4,7-8,11-12H2,1-2H3,(H,19,23). The Bertz CT molecular complexity index is 688. The number of hydrogen-bond donors (Lipinski definition) is 1. The quantitative estimate of drug-likeness (QED) is 0.914. The van der Waals surface area contributed by atoms with E-state index in [0.717, 1.165) is 35.9 Å². The highest BCUT2D eigenvalue weighted by Crippen LogP contribution is 2.18. The number of nitrogens with zero attached hydrogens (tertiary/aromatic N) is 4. The number of rotatable bonds is 5. The zero-order valence-corrected chi connectivity index (χ0v) is 13.7. The Kier molecular flexibility index (Phi) is 4.60. The van der Waals surface area contributed by atoms with Crippen molar-refractivity contribution in [3.8, 4) is 0 Å². The van der Waals surface area contributed by atoms with Gasteiger partial charge < -0.3 is 10.2 Å². The normalized spacial score (nSPS) is 14.3. The van der Waals surface area contributed by atoms with Crippen molar-refractivity contribution in [1.29, 1.82) is 0 Å². The second-order valence-corrected chi connectivity index (χ2v) is 6.08. The van der Waals surface area contributed by atoms with E-state index in [9.17, 15) is 4.79 Å². The molecule has 0 spiro atoms. The lowest BCUT2D eigenvalue weighted by Gasteiger charge is -2.17. The summed E-state index contributed by atoms with van der Waals surface area (Å²) in [5.41, 5.74) is 3.00. The third-order valence-corrected chi connectivity index (χ3v) is 4.13. The molecule has 0 radical (unpaired) electrons. The minimum Gasteiger partial charge on any atom is -0.357 e. The summed E-state index contributed by atoms with van der Waals surface area (Å²) in [5, 5.41) is 7.27. The van der Waals surface area contributed by atoms with Crippen LogP contribution >= 0.6 is 0 Å². The van der Waals surface area contributed by atoms with Crippen LogP contribution in [0.4, 0.5) is 5.82 Å². The van der Waals surface area contributed by atoms with Gasteiger partial charge in [0.25, 0.3) is 0 Å². The molecule has 1 aliphatic rings. The number of aryl methyl sites for hydroxylation is 2. The van der Waals surface area contributed by atoms with Gasteiger partial charge in [-0.05, 0) is 50.5 Å². The van der Waals surface area contributed by atoms with Gasteiger partial charge in [-0.3, -0.25) is 9.48 Å². The van der Waals surface area contributed by atoms with Gasteiger partial charge in [-0.25, -0.2) is 4.98 Å². The van der Waals surface area contributed by atoms with Crippen LogP contribution in [0, 0.1) is 13.8 Å². The van der Waals surface area contributed by atoms with E-state index in [4.69, 9.17) is 0 Å². The van der Waals surface area contributed by atoms with Crippen molar-refractivity contribution in [2.75, 3.05) is 18.0 Å². The summed E-state index contributed by atoms with van der Waals surface area (Å²) < 4.78 is 1.73. The maximum Gasteiger partial charge on any atom is 0.242 e. The maximum absolute atomic E-state index is 12.1. The zero-order valence-electron chi connectivity index (χ0n) is 13.7. The van der Waals surface area contributed by atoms with Crippen LogP contribution in [-0.4, -0.2) is 33.8 Å². The highest BCUT2D eigenvalue weighted by molar-refractivity contribution is 5.75. The first-order chi connectivity index (χ1) is 11.1. The Morgan fingerprint density at radius 3 is 2.74 bits per heavy atom. The molecular formula is C17H23N5O. The van der Waals surface area contributed by atoms with Crippen molar-refractivity contribution >= 4 is 11.7 Å². The molecule has 6 nitrogen and oxygen atoms in total. The van der Waals surface area contributed by atoms with Crippen LogP contribution in [0.3, 0.4) is 0 Å². The van der Waals surface area contributed by atoms with Gasteiger partial charge in [0, 0.05) is 31.5 Å². The molecule has 2 aromatic heterocycles. The third-order valence-electron chi connectivity index (χ3n) is 4.13. The van der Waals surface area contributed by atoms with Crippen molar-refractivity contribution in [2.24, 2.45) is 0 Å². The molecule has 1 saturated heterocycles. The molecule has 0 bridgehead atoms. The highest BCUT2D eigenvalue weighted by Gasteiger charge is 2.14. The summed E-state index contributed by atoms with van der Waals surface area (Å²) in [6, 6.07) is 5.98. The lowest BCUT2D eigenvalue weighted by Crippen LogP contribution is -2.28. The molecule has 0 aliphatic carbocycles. The van der Waals surface area contributed by atoms with Crippen LogP contribution in [0.5, 0.6) is 0 Å². The molecule has 1 fully saturated rings. The number of aromatic nitrogens is 3. The van der Waals surface area contributed by atoms with Crippen molar-refractivity contribution in [2.45, 2.75) is 39.8 Å². The molecule has 1 amide bonds. The van der Waals surface area contributed by atoms with E-state index in [2.05, 4.69) is 26.4 Å². The van der Waals surface area contributed by atoms with Crippen LogP contribution in [0.25, 0.3) is 0 Å². The monoisotopic (exact) mass is 313 g/mol. The largest absolute Gasteiger partial charge is 0.357 e. The Morgan fingerprint density at radius 1 is 1.26 bits per heavy atom. The van der Waals surface area contributed by atoms with Crippen molar-refractivity contribution < 1.29 is 4.79 Å². The Hall–Kier alpha value is -2.37. The van der Waals surface area contributed by atoms with Crippen LogP contribution in [-0.2, 0) is 17.9 Å². The molecule has 2 aromatic rings. The summed E-state index contributed by atoms with van der Waals surface area (Å²) in [6.45, 7) is 6.80. The minimum atomic E-state index is -0.0317. The first-order valence-electron chi connectivity index (χ1n) is 8.09. The van der Waals surface area contributed by atoms with Crippen LogP contribution in [0.2, 0.25) is 0 Å². The molecule has 1 aliphatic heterocycles. The molecule has 6 heteroatoms. The van der Waals surface area contributed by atoms with E-state index in [1.54, 1.807) is 4.68 Å². The number of nitrogens with one attached hydrogen (secondary N) is 1. The fourth-order valence-corrected chi connectivity index (χ4v) is 2.92. The van der Waals surface area contributed by atoms with Gasteiger partial charge in [-0.2, -0.15) is 5.10 Å². The molecule has 1 N–H and O–H groups in total. The second kappa shape index (κ2) is 6.81. The van der Waals surface area contributed by atoms with E-state index < -0.39 is 0 Å². The van der Waals surface area contributed by atoms with Gasteiger partial charge in [0.1, 0.15) is 12.4 Å². The van der Waals surface area contributed by atoms with Gasteiger partial charge >= 0.3 is 0 Å². The number of pyridine rings is 1. The second-order valence-electron chi connectivity index (χ2n) is 6.08. The minimum absolute atomic E-state index is 0.0317. The van der Waals surface area contributed by atoms with E-state index in [-0.39, 0.29) is 12.5 Å². The lowest BCUT2D eigenvalue weighted by atomic mass is 10.2. The Morgan fingerprint density at radius 2 is 2.04 bits per heavy atom. The van der Waals surface area contributed by atoms with Gasteiger partial charge in [0.2, 0.25) is 5.91 Å². The highest BCUT2D eigenvalue weighted by atomic mass is 16.2. The number of carbonyl (C=O) groups is 1. The lowest BCUT2D eigenvalue weighted by molar-refractivity contribution is -0.122. The summed E-state index contributed by atoms with van der Waals surface area (Å²) >= 11 is 0. The molecule has 0 atom stereocenters. The SMILES string of the molecule is Cc1cc(C)n(CC(=O)NCc2ccnc(N3CCCC3)c2)n1. The molecule has 0 aromatic carbocycles. The fourth-order valence-electron chi connectivity index (χ4n) is 2.92. The number of anilines is 1. The van der Waals surface area contributed by atoms with Gasteiger partial charge in [-0.1, -0.05) is 0 Å². The first-order valence-corrected chi connectivity index (χ1v) is 8.09. The first kappa shape index (κ1) is 15.5. The van der Waals surface area contributed by atoms with Crippen molar-refractivity contribution in [3.63, 3.8) is 0 Å². The molecule has 23 heavy (non-hydrogen) atoms. The molecule has 0 saturated carbocycles. The smallest absolute Gasteiger partial charge is 0.242 e. The predicted octanol–water partition coefficient (Wildman–Crippen LogP) is 1.81. The maximum atomic E-state index is 12.1. The summed E-state index contributed by atoms with van der Waals surface area (Å²) in [4.78, 5) is 18.8. The summed E-state index contributed by atoms with van der Waals surface area (Å²) in [7, 11) is 0. The number of hydrogen-bond acceptors (Lipinski definition) is 4. The topological polar surface area (TPSA) is 63.1 Å². The van der Waals surface area contributed by atoms with E-state index >= 15 is 0 Å². The Labute approximate surface area is 136 Å². The predicted molar refractivity (Wildman–Crippen MR) is 89.2 cm³/mol. The van der Waals surface area contributed by atoms with Gasteiger partial charge in [-0.15, -0.1) is 0 Å². The Balaban J connectivity index is 1.56. The summed E-state index contributed by atoms with van der Waals surface area (Å²) in [5.74, 6) is 0.975. The zero-order chi connectivity index (χ0) is 16.2. The molecular weight excluding hydrogens is 290 g/mol. The van der Waals surface area contributed by atoms with E-state index in [0.29, 0.717) is 6.54 Å². The van der Waals surface area contributed by atoms with Crippen LogP contribution < -0.4 is 10.2 Å². The van der Waals surface area contributed by atoms with Crippen molar-refractivity contribution in [1.82, 2.24) is 20.1 Å². The van der Waals surface area contributed by atoms with Gasteiger partial charge in [0.05, 0.1) is 5.69 Å². The third kappa shape index (κ3) is 3.88. The number of carbonyl (C=O) groups excluding carboxylic acids is 1. The molecule has 3 rings (SSSR count). The van der Waals surface area contributed by atoms with E-state index in [1.807, 2.05) is 32.2 Å².